The van der Waals surface area contributed by atoms with Crippen molar-refractivity contribution in [2.75, 3.05) is 46.1 Å². The van der Waals surface area contributed by atoms with Crippen LogP contribution in [0.15, 0.2) is 46.0 Å². The fourth-order valence-corrected chi connectivity index (χ4v) is 4.64. The number of benzene rings is 1. The van der Waals surface area contributed by atoms with E-state index in [0.29, 0.717) is 29.3 Å². The van der Waals surface area contributed by atoms with Gasteiger partial charge in [-0.2, -0.15) is 0 Å². The van der Waals surface area contributed by atoms with Crippen molar-refractivity contribution < 1.29 is 28.2 Å². The Hall–Kier alpha value is -3.50. The number of aryl methyl sites for hydroxylation is 1. The number of hydrogen-bond donors (Lipinski definition) is 2. The van der Waals surface area contributed by atoms with Gasteiger partial charge in [0.2, 0.25) is 6.79 Å². The highest BCUT2D eigenvalue weighted by Gasteiger charge is 2.36. The zero-order valence-electron chi connectivity index (χ0n) is 20.0. The number of piperazine rings is 1. The van der Waals surface area contributed by atoms with Gasteiger partial charge >= 0.3 is 12.0 Å². The quantitative estimate of drug-likeness (QED) is 0.580. The number of furan rings is 1. The second-order valence-electron chi connectivity index (χ2n) is 8.83. The molecule has 2 aromatic rings. The molecule has 10 heteroatoms. The molecule has 5 rings (SSSR count). The Morgan fingerprint density at radius 3 is 2.51 bits per heavy atom. The molecule has 0 radical (unpaired) electrons. The summed E-state index contributed by atoms with van der Waals surface area (Å²) in [6.45, 7) is 8.70. The molecule has 1 atom stereocenters. The molecule has 0 aliphatic carbocycles. The fraction of sp³-hybridized carbons (Fsp3) is 0.440. The second kappa shape index (κ2) is 10.0. The van der Waals surface area contributed by atoms with Gasteiger partial charge < -0.3 is 29.3 Å². The van der Waals surface area contributed by atoms with Crippen LogP contribution in [0, 0.1) is 6.92 Å². The molecule has 2 amide bonds. The molecule has 1 saturated heterocycles. The Balaban J connectivity index is 1.27. The van der Waals surface area contributed by atoms with Gasteiger partial charge in [0.15, 0.2) is 11.5 Å². The molecule has 0 spiro atoms. The highest BCUT2D eigenvalue weighted by Crippen LogP contribution is 2.33. The summed E-state index contributed by atoms with van der Waals surface area (Å²) >= 11 is 0. The molecule has 0 unspecified atom stereocenters. The van der Waals surface area contributed by atoms with Gasteiger partial charge in [0.1, 0.15) is 17.6 Å². The molecule has 1 aromatic heterocycles. The van der Waals surface area contributed by atoms with Crippen molar-refractivity contribution in [2.45, 2.75) is 26.4 Å². The summed E-state index contributed by atoms with van der Waals surface area (Å²) in [5.74, 6) is 2.33. The maximum Gasteiger partial charge on any atom is 0.338 e. The van der Waals surface area contributed by atoms with E-state index in [4.69, 9.17) is 18.6 Å². The number of carbonyl (C=O) groups excluding carboxylic acids is 2. The number of urea groups is 1. The maximum absolute atomic E-state index is 12.9. The van der Waals surface area contributed by atoms with E-state index in [1.165, 1.54) is 5.56 Å². The summed E-state index contributed by atoms with van der Waals surface area (Å²) in [5.41, 5.74) is 2.11. The van der Waals surface area contributed by atoms with Crippen LogP contribution in [0.4, 0.5) is 4.79 Å². The smallest absolute Gasteiger partial charge is 0.338 e. The van der Waals surface area contributed by atoms with Crippen molar-refractivity contribution in [3.8, 4) is 11.5 Å². The summed E-state index contributed by atoms with van der Waals surface area (Å²) in [6, 6.07) is 8.58. The number of hydrogen-bond acceptors (Lipinski definition) is 8. The summed E-state index contributed by atoms with van der Waals surface area (Å²) in [5, 5.41) is 5.65. The lowest BCUT2D eigenvalue weighted by Crippen LogP contribution is -2.51. The van der Waals surface area contributed by atoms with Crippen molar-refractivity contribution in [1.29, 1.82) is 0 Å². The van der Waals surface area contributed by atoms with E-state index in [2.05, 4.69) is 26.5 Å². The number of fused-ring (bicyclic) bond motifs is 1. The minimum atomic E-state index is -0.696. The van der Waals surface area contributed by atoms with Crippen LogP contribution >= 0.6 is 0 Å². The molecular weight excluding hydrogens is 452 g/mol. The molecule has 186 valence electrons. The van der Waals surface area contributed by atoms with E-state index in [1.807, 2.05) is 25.1 Å². The average Bonchev–Trinajstić information content (AvgIpc) is 3.48. The van der Waals surface area contributed by atoms with Crippen LogP contribution in [0.1, 0.15) is 30.0 Å². The first kappa shape index (κ1) is 23.3. The zero-order valence-corrected chi connectivity index (χ0v) is 20.0. The van der Waals surface area contributed by atoms with E-state index in [-0.39, 0.29) is 19.4 Å². The Bertz CT molecular complexity index is 1130. The van der Waals surface area contributed by atoms with Gasteiger partial charge in [0.05, 0.1) is 12.2 Å². The number of rotatable bonds is 7. The number of ether oxygens (including phenoxy) is 3. The lowest BCUT2D eigenvalue weighted by atomic mass is 9.99. The molecule has 1 aromatic carbocycles. The van der Waals surface area contributed by atoms with E-state index in [0.717, 1.165) is 44.2 Å². The zero-order chi connectivity index (χ0) is 24.4. The van der Waals surface area contributed by atoms with Crippen molar-refractivity contribution in [2.24, 2.45) is 0 Å². The Morgan fingerprint density at radius 1 is 1.06 bits per heavy atom. The van der Waals surface area contributed by atoms with E-state index in [9.17, 15) is 9.59 Å². The Morgan fingerprint density at radius 2 is 1.80 bits per heavy atom. The van der Waals surface area contributed by atoms with Gasteiger partial charge in [-0.1, -0.05) is 6.07 Å². The van der Waals surface area contributed by atoms with Gasteiger partial charge in [-0.05, 0) is 43.7 Å². The van der Waals surface area contributed by atoms with Crippen molar-refractivity contribution in [1.82, 2.24) is 20.4 Å². The highest BCUT2D eigenvalue weighted by atomic mass is 16.7. The molecule has 10 nitrogen and oxygen atoms in total. The van der Waals surface area contributed by atoms with Gasteiger partial charge in [-0.3, -0.25) is 9.80 Å². The lowest BCUT2D eigenvalue weighted by Gasteiger charge is -2.36. The monoisotopic (exact) mass is 482 g/mol. The summed E-state index contributed by atoms with van der Waals surface area (Å²) < 4.78 is 22.0. The van der Waals surface area contributed by atoms with Crippen LogP contribution in [0.25, 0.3) is 0 Å². The van der Waals surface area contributed by atoms with Gasteiger partial charge in [0, 0.05) is 45.0 Å². The molecule has 4 heterocycles. The largest absolute Gasteiger partial charge is 0.464 e. The molecule has 1 fully saturated rings. The number of nitrogens with one attached hydrogen (secondary N) is 2. The van der Waals surface area contributed by atoms with Crippen molar-refractivity contribution in [3.63, 3.8) is 0 Å². The summed E-state index contributed by atoms with van der Waals surface area (Å²) in [7, 11) is 0. The van der Waals surface area contributed by atoms with E-state index in [1.54, 1.807) is 13.0 Å². The summed E-state index contributed by atoms with van der Waals surface area (Å²) in [6.07, 6.45) is 0. The van der Waals surface area contributed by atoms with Crippen molar-refractivity contribution in [3.05, 3.63) is 58.7 Å². The molecule has 2 N–H and O–H groups in total. The number of carbonyl (C=O) groups is 2. The highest BCUT2D eigenvalue weighted by molar-refractivity contribution is 5.95. The minimum Gasteiger partial charge on any atom is -0.464 e. The van der Waals surface area contributed by atoms with Gasteiger partial charge in [0.25, 0.3) is 0 Å². The summed E-state index contributed by atoms with van der Waals surface area (Å²) in [4.78, 5) is 30.0. The topological polar surface area (TPSA) is 106 Å². The number of amides is 2. The van der Waals surface area contributed by atoms with Gasteiger partial charge in [-0.15, -0.1) is 0 Å². The predicted octanol–water partition coefficient (Wildman–Crippen LogP) is 2.31. The first-order valence-electron chi connectivity index (χ1n) is 11.9. The van der Waals surface area contributed by atoms with Crippen LogP contribution in [0.3, 0.4) is 0 Å². The molecule has 0 saturated carbocycles. The third kappa shape index (κ3) is 5.13. The fourth-order valence-electron chi connectivity index (χ4n) is 4.64. The number of esters is 1. The van der Waals surface area contributed by atoms with Gasteiger partial charge in [-0.25, -0.2) is 9.59 Å². The lowest BCUT2D eigenvalue weighted by molar-refractivity contribution is -0.139. The van der Waals surface area contributed by atoms with E-state index >= 15 is 0 Å². The third-order valence-corrected chi connectivity index (χ3v) is 6.38. The second-order valence-corrected chi connectivity index (χ2v) is 8.83. The van der Waals surface area contributed by atoms with Crippen LogP contribution in [0.2, 0.25) is 0 Å². The molecular formula is C25H30N4O6. The Labute approximate surface area is 203 Å². The molecule has 3 aliphatic rings. The molecule has 35 heavy (non-hydrogen) atoms. The number of nitrogens with zero attached hydrogens (tertiary/aromatic N) is 2. The Kier molecular flexibility index (Phi) is 6.65. The maximum atomic E-state index is 12.9. The van der Waals surface area contributed by atoms with E-state index < -0.39 is 12.0 Å². The van der Waals surface area contributed by atoms with Crippen LogP contribution in [0.5, 0.6) is 11.5 Å². The van der Waals surface area contributed by atoms with Crippen LogP contribution in [-0.4, -0.2) is 67.9 Å². The molecule has 3 aliphatic heterocycles. The minimum absolute atomic E-state index is 0.242. The normalized spacial score (nSPS) is 20.5. The predicted molar refractivity (Wildman–Crippen MR) is 126 cm³/mol. The first-order chi connectivity index (χ1) is 17.0. The average molecular weight is 483 g/mol. The third-order valence-electron chi connectivity index (χ3n) is 6.38. The van der Waals surface area contributed by atoms with Crippen LogP contribution < -0.4 is 20.1 Å². The van der Waals surface area contributed by atoms with Crippen molar-refractivity contribution >= 4 is 12.0 Å². The molecule has 0 bridgehead atoms. The SMILES string of the molecule is CCOC(=O)C1=C(CN2CCN(Cc3ccc4c(c3)OCO4)CC2)NC(=O)N[C@@H]1c1ccc(C)o1. The first-order valence-corrected chi connectivity index (χ1v) is 11.9. The standard InChI is InChI=1S/C25H30N4O6/c1-3-32-24(30)22-18(26-25(31)27-23(22)20-6-4-16(2)35-20)14-29-10-8-28(9-11-29)13-17-5-7-19-21(12-17)34-15-33-19/h4-7,12,23H,3,8-11,13-15H2,1-2H3,(H2,26,27,31)/t23-/m1/s1. The van der Waals surface area contributed by atoms with Crippen LogP contribution in [-0.2, 0) is 16.1 Å².